The molecule has 0 radical (unpaired) electrons. The third-order valence-corrected chi connectivity index (χ3v) is 7.92. The second-order valence-electron chi connectivity index (χ2n) is 7.77. The van der Waals surface area contributed by atoms with Crippen molar-refractivity contribution in [2.75, 3.05) is 44.4 Å². The van der Waals surface area contributed by atoms with Gasteiger partial charge in [0, 0.05) is 14.1 Å². The van der Waals surface area contributed by atoms with Crippen LogP contribution in [0.25, 0.3) is 0 Å². The van der Waals surface area contributed by atoms with Gasteiger partial charge in [-0.1, -0.05) is 6.07 Å². The molecule has 0 aromatic heterocycles. The molecule has 0 aliphatic carbocycles. The van der Waals surface area contributed by atoms with Gasteiger partial charge in [0.1, 0.15) is 18.1 Å². The maximum atomic E-state index is 12.6. The van der Waals surface area contributed by atoms with E-state index in [9.17, 15) is 21.6 Å². The third-order valence-electron chi connectivity index (χ3n) is 4.95. The Morgan fingerprint density at radius 2 is 1.82 bits per heavy atom. The lowest BCUT2D eigenvalue weighted by atomic mass is 10.1. The minimum atomic E-state index is -3.60. The molecule has 0 saturated heterocycles. The Morgan fingerprint density at radius 3 is 2.42 bits per heavy atom. The number of anilines is 1. The molecule has 1 atom stereocenters. The molecule has 0 fully saturated rings. The zero-order chi connectivity index (χ0) is 24.4. The van der Waals surface area contributed by atoms with Crippen LogP contribution in [0.5, 0.6) is 11.5 Å². The van der Waals surface area contributed by atoms with Crippen LogP contribution < -0.4 is 19.1 Å². The van der Waals surface area contributed by atoms with Crippen LogP contribution in [0.4, 0.5) is 5.69 Å². The molecular formula is C21H27N3O7S2. The number of carbonyl (C=O) groups excluding carboxylic acids is 1. The first-order valence-corrected chi connectivity index (χ1v) is 13.4. The normalized spacial score (nSPS) is 16.2. The largest absolute Gasteiger partial charge is 0.492 e. The third kappa shape index (κ3) is 5.75. The minimum Gasteiger partial charge on any atom is -0.492 e. The van der Waals surface area contributed by atoms with Crippen molar-refractivity contribution in [3.8, 4) is 11.5 Å². The number of amides is 1. The highest BCUT2D eigenvalue weighted by Crippen LogP contribution is 2.35. The standard InChI is InChI=1S/C21H27N3O7S2/c1-15-5-10-19-18(13-15)24(32(4,26)27)14-20(31-19)21(25)22-11-12-30-16-6-8-17(9-7-16)33(28,29)23(2)3/h5-10,13,20H,11-12,14H2,1-4H3,(H,22,25)/t20-/m1/s1. The fourth-order valence-corrected chi connectivity index (χ4v) is 5.00. The zero-order valence-corrected chi connectivity index (χ0v) is 20.4. The summed E-state index contributed by atoms with van der Waals surface area (Å²) in [6.07, 6.45) is 0.0768. The van der Waals surface area contributed by atoms with Crippen molar-refractivity contribution in [3.05, 3.63) is 48.0 Å². The fraction of sp³-hybridized carbons (Fsp3) is 0.381. The molecule has 0 spiro atoms. The van der Waals surface area contributed by atoms with Gasteiger partial charge in [0.15, 0.2) is 6.10 Å². The minimum absolute atomic E-state index is 0.129. The van der Waals surface area contributed by atoms with E-state index in [4.69, 9.17) is 9.47 Å². The SMILES string of the molecule is Cc1ccc2c(c1)N(S(C)(=O)=O)C[C@H](C(=O)NCCOc1ccc(S(=O)(=O)N(C)C)cc1)O2. The zero-order valence-electron chi connectivity index (χ0n) is 18.8. The molecule has 0 unspecified atom stereocenters. The number of rotatable bonds is 8. The van der Waals surface area contributed by atoms with Crippen molar-refractivity contribution in [1.29, 1.82) is 0 Å². The predicted octanol–water partition coefficient (Wildman–Crippen LogP) is 0.968. The number of hydrogen-bond acceptors (Lipinski definition) is 7. The molecule has 1 aliphatic rings. The molecule has 1 aliphatic heterocycles. The van der Waals surface area contributed by atoms with Gasteiger partial charge in [-0.25, -0.2) is 21.1 Å². The van der Waals surface area contributed by atoms with E-state index >= 15 is 0 Å². The van der Waals surface area contributed by atoms with Gasteiger partial charge >= 0.3 is 0 Å². The summed E-state index contributed by atoms with van der Waals surface area (Å²) in [6, 6.07) is 11.1. The summed E-state index contributed by atoms with van der Waals surface area (Å²) >= 11 is 0. The molecule has 0 saturated carbocycles. The summed E-state index contributed by atoms with van der Waals surface area (Å²) in [7, 11) is -4.22. The van der Waals surface area contributed by atoms with Gasteiger partial charge in [0.05, 0.1) is 29.9 Å². The molecule has 3 rings (SSSR count). The van der Waals surface area contributed by atoms with Gasteiger partial charge < -0.3 is 14.8 Å². The van der Waals surface area contributed by atoms with E-state index in [1.54, 1.807) is 18.2 Å². The number of fused-ring (bicyclic) bond motifs is 1. The van der Waals surface area contributed by atoms with E-state index in [1.807, 2.05) is 6.92 Å². The van der Waals surface area contributed by atoms with Gasteiger partial charge in [0.25, 0.3) is 5.91 Å². The van der Waals surface area contributed by atoms with Crippen LogP contribution in [0.1, 0.15) is 5.56 Å². The number of sulfonamides is 2. The Kier molecular flexibility index (Phi) is 7.20. The first-order valence-electron chi connectivity index (χ1n) is 10.1. The molecule has 1 heterocycles. The quantitative estimate of drug-likeness (QED) is 0.539. The van der Waals surface area contributed by atoms with Crippen LogP contribution in [0, 0.1) is 6.92 Å². The highest BCUT2D eigenvalue weighted by Gasteiger charge is 2.35. The lowest BCUT2D eigenvalue weighted by molar-refractivity contribution is -0.127. The molecule has 0 bridgehead atoms. The van der Waals surface area contributed by atoms with Gasteiger partial charge in [-0.2, -0.15) is 0 Å². The number of nitrogens with one attached hydrogen (secondary N) is 1. The monoisotopic (exact) mass is 497 g/mol. The maximum Gasteiger partial charge on any atom is 0.263 e. The predicted molar refractivity (Wildman–Crippen MR) is 124 cm³/mol. The van der Waals surface area contributed by atoms with Crippen molar-refractivity contribution in [3.63, 3.8) is 0 Å². The topological polar surface area (TPSA) is 122 Å². The highest BCUT2D eigenvalue weighted by molar-refractivity contribution is 7.92. The Hall–Kier alpha value is -2.83. The second-order valence-corrected chi connectivity index (χ2v) is 11.8. The van der Waals surface area contributed by atoms with Crippen LogP contribution in [-0.2, 0) is 24.8 Å². The van der Waals surface area contributed by atoms with Crippen molar-refractivity contribution in [2.45, 2.75) is 17.9 Å². The summed E-state index contributed by atoms with van der Waals surface area (Å²) in [5, 5.41) is 2.67. The van der Waals surface area contributed by atoms with Gasteiger partial charge in [-0.05, 0) is 48.9 Å². The van der Waals surface area contributed by atoms with Gasteiger partial charge in [-0.15, -0.1) is 0 Å². The molecular weight excluding hydrogens is 470 g/mol. The van der Waals surface area contributed by atoms with Gasteiger partial charge in [0.2, 0.25) is 20.0 Å². The van der Waals surface area contributed by atoms with Crippen LogP contribution >= 0.6 is 0 Å². The molecule has 1 amide bonds. The van der Waals surface area contributed by atoms with Crippen molar-refractivity contribution in [2.24, 2.45) is 0 Å². The number of aryl methyl sites for hydroxylation is 1. The number of nitrogens with zero attached hydrogens (tertiary/aromatic N) is 2. The Bertz CT molecular complexity index is 1230. The van der Waals surface area contributed by atoms with E-state index in [0.29, 0.717) is 17.2 Å². The van der Waals surface area contributed by atoms with E-state index < -0.39 is 32.1 Å². The van der Waals surface area contributed by atoms with Crippen LogP contribution in [0.2, 0.25) is 0 Å². The average Bonchev–Trinajstić information content (AvgIpc) is 2.75. The molecule has 10 nitrogen and oxygen atoms in total. The first kappa shape index (κ1) is 24.8. The molecule has 180 valence electrons. The average molecular weight is 498 g/mol. The molecule has 33 heavy (non-hydrogen) atoms. The second kappa shape index (κ2) is 9.57. The molecule has 12 heteroatoms. The Balaban J connectivity index is 1.56. The summed E-state index contributed by atoms with van der Waals surface area (Å²) in [5.41, 5.74) is 1.28. The van der Waals surface area contributed by atoms with Crippen LogP contribution in [0.15, 0.2) is 47.4 Å². The molecule has 1 N–H and O–H groups in total. The number of hydrogen-bond donors (Lipinski definition) is 1. The van der Waals surface area contributed by atoms with Crippen LogP contribution in [-0.4, -0.2) is 73.2 Å². The number of ether oxygens (including phenoxy) is 2. The summed E-state index contributed by atoms with van der Waals surface area (Å²) in [4.78, 5) is 12.7. The molecule has 2 aromatic carbocycles. The summed E-state index contributed by atoms with van der Waals surface area (Å²) < 4.78 is 62.3. The number of benzene rings is 2. The van der Waals surface area contributed by atoms with Crippen molar-refractivity contribution < 1.29 is 31.1 Å². The van der Waals surface area contributed by atoms with Crippen LogP contribution in [0.3, 0.4) is 0 Å². The lowest BCUT2D eigenvalue weighted by Crippen LogP contribution is -2.51. The summed E-state index contributed by atoms with van der Waals surface area (Å²) in [5.74, 6) is 0.302. The van der Waals surface area contributed by atoms with E-state index in [2.05, 4.69) is 5.32 Å². The first-order chi connectivity index (χ1) is 15.4. The van der Waals surface area contributed by atoms with Gasteiger partial charge in [-0.3, -0.25) is 9.10 Å². The summed E-state index contributed by atoms with van der Waals surface area (Å²) in [6.45, 7) is 1.98. The van der Waals surface area contributed by atoms with E-state index in [0.717, 1.165) is 16.1 Å². The highest BCUT2D eigenvalue weighted by atomic mass is 32.2. The van der Waals surface area contributed by atoms with Crippen molar-refractivity contribution >= 4 is 31.6 Å². The number of carbonyl (C=O) groups is 1. The van der Waals surface area contributed by atoms with E-state index in [1.165, 1.54) is 42.7 Å². The van der Waals surface area contributed by atoms with Crippen molar-refractivity contribution in [1.82, 2.24) is 9.62 Å². The Labute approximate surface area is 194 Å². The Morgan fingerprint density at radius 1 is 1.15 bits per heavy atom. The van der Waals surface area contributed by atoms with E-state index in [-0.39, 0.29) is 24.6 Å². The smallest absolute Gasteiger partial charge is 0.263 e. The lowest BCUT2D eigenvalue weighted by Gasteiger charge is -2.34. The fourth-order valence-electron chi connectivity index (χ4n) is 3.19. The molecule has 2 aromatic rings. The maximum absolute atomic E-state index is 12.6.